The van der Waals surface area contributed by atoms with Crippen LogP contribution >= 0.6 is 11.3 Å². The van der Waals surface area contributed by atoms with E-state index >= 15 is 0 Å². The van der Waals surface area contributed by atoms with Gasteiger partial charge in [-0.05, 0) is 30.5 Å². The summed E-state index contributed by atoms with van der Waals surface area (Å²) < 4.78 is 1.00. The zero-order valence-electron chi connectivity index (χ0n) is 18.4. The number of nitrogens with one attached hydrogen (secondary N) is 1. The fraction of sp³-hybridized carbons (Fsp3) is 0.269. The van der Waals surface area contributed by atoms with E-state index in [0.717, 1.165) is 40.0 Å². The van der Waals surface area contributed by atoms with E-state index in [-0.39, 0.29) is 6.04 Å². The second-order valence-corrected chi connectivity index (χ2v) is 8.75. The molecule has 6 heteroatoms. The molecule has 0 spiro atoms. The van der Waals surface area contributed by atoms with Crippen LogP contribution in [0.3, 0.4) is 0 Å². The summed E-state index contributed by atoms with van der Waals surface area (Å²) in [5.74, 6) is 8.46. The van der Waals surface area contributed by atoms with Crippen LogP contribution in [0.25, 0.3) is 21.6 Å². The van der Waals surface area contributed by atoms with E-state index < -0.39 is 0 Å². The van der Waals surface area contributed by atoms with Crippen LogP contribution in [0.1, 0.15) is 31.4 Å². The number of fused-ring (bicyclic) bond motifs is 1. The van der Waals surface area contributed by atoms with Gasteiger partial charge in [-0.2, -0.15) is 0 Å². The van der Waals surface area contributed by atoms with Crippen LogP contribution in [0.4, 0.5) is 5.82 Å². The van der Waals surface area contributed by atoms with Crippen molar-refractivity contribution in [3.05, 3.63) is 71.4 Å². The van der Waals surface area contributed by atoms with Crippen LogP contribution in [-0.4, -0.2) is 27.5 Å². The number of anilines is 1. The molecule has 2 unspecified atom stereocenters. The SMILES string of the molecule is CCC(C)C#Cc1csc2c(NCC(N)Cc3ccccc3)nc(-c3ccncc3)nc12. The van der Waals surface area contributed by atoms with Crippen molar-refractivity contribution in [2.45, 2.75) is 32.7 Å². The lowest BCUT2D eigenvalue weighted by molar-refractivity contribution is 0.698. The Balaban J connectivity index is 1.65. The molecule has 0 aliphatic heterocycles. The number of hydrogen-bond acceptors (Lipinski definition) is 6. The molecule has 0 saturated heterocycles. The zero-order chi connectivity index (χ0) is 22.3. The summed E-state index contributed by atoms with van der Waals surface area (Å²) in [6.07, 6.45) is 5.33. The summed E-state index contributed by atoms with van der Waals surface area (Å²) in [5, 5.41) is 5.55. The maximum absolute atomic E-state index is 6.42. The van der Waals surface area contributed by atoms with Gasteiger partial charge in [0.15, 0.2) is 5.82 Å². The molecule has 3 heterocycles. The van der Waals surface area contributed by atoms with E-state index in [1.54, 1.807) is 23.7 Å². The summed E-state index contributed by atoms with van der Waals surface area (Å²) in [5.41, 5.74) is 10.4. The lowest BCUT2D eigenvalue weighted by atomic mass is 10.1. The number of nitrogens with zero attached hydrogens (tertiary/aromatic N) is 3. The maximum Gasteiger partial charge on any atom is 0.162 e. The van der Waals surface area contributed by atoms with Crippen molar-refractivity contribution in [2.75, 3.05) is 11.9 Å². The Kier molecular flexibility index (Phi) is 7.10. The lowest BCUT2D eigenvalue weighted by Crippen LogP contribution is -2.31. The molecule has 0 aliphatic rings. The molecule has 0 aliphatic carbocycles. The number of pyridine rings is 1. The smallest absolute Gasteiger partial charge is 0.162 e. The lowest BCUT2D eigenvalue weighted by Gasteiger charge is -2.14. The second kappa shape index (κ2) is 10.4. The molecular formula is C26H27N5S. The second-order valence-electron chi connectivity index (χ2n) is 7.87. The minimum atomic E-state index is -0.0311. The molecule has 1 aromatic carbocycles. The van der Waals surface area contributed by atoms with Gasteiger partial charge < -0.3 is 11.1 Å². The predicted octanol–water partition coefficient (Wildman–Crippen LogP) is 5.13. The first-order valence-electron chi connectivity index (χ1n) is 10.9. The number of hydrogen-bond donors (Lipinski definition) is 2. The molecule has 32 heavy (non-hydrogen) atoms. The number of rotatable bonds is 7. The van der Waals surface area contributed by atoms with Gasteiger partial charge in [-0.15, -0.1) is 11.3 Å². The molecule has 3 N–H and O–H groups in total. The van der Waals surface area contributed by atoms with E-state index in [1.807, 2.05) is 30.3 Å². The number of aromatic nitrogens is 3. The van der Waals surface area contributed by atoms with Gasteiger partial charge in [0.2, 0.25) is 0 Å². The minimum absolute atomic E-state index is 0.0311. The highest BCUT2D eigenvalue weighted by Crippen LogP contribution is 2.32. The molecule has 162 valence electrons. The van der Waals surface area contributed by atoms with E-state index in [1.165, 1.54) is 5.56 Å². The molecule has 0 bridgehead atoms. The molecule has 4 aromatic rings. The van der Waals surface area contributed by atoms with Crippen LogP contribution < -0.4 is 11.1 Å². The normalized spacial score (nSPS) is 12.7. The third kappa shape index (κ3) is 5.31. The quantitative estimate of drug-likeness (QED) is 0.389. The maximum atomic E-state index is 6.42. The van der Waals surface area contributed by atoms with Crippen molar-refractivity contribution in [1.82, 2.24) is 15.0 Å². The van der Waals surface area contributed by atoms with Crippen LogP contribution in [0.2, 0.25) is 0 Å². The topological polar surface area (TPSA) is 76.7 Å². The van der Waals surface area contributed by atoms with Gasteiger partial charge in [0.05, 0.1) is 10.3 Å². The highest BCUT2D eigenvalue weighted by Gasteiger charge is 2.15. The van der Waals surface area contributed by atoms with Gasteiger partial charge in [-0.25, -0.2) is 9.97 Å². The Morgan fingerprint density at radius 1 is 1.09 bits per heavy atom. The first-order valence-corrected chi connectivity index (χ1v) is 11.8. The molecule has 0 saturated carbocycles. The van der Waals surface area contributed by atoms with Crippen LogP contribution in [0.15, 0.2) is 60.2 Å². The van der Waals surface area contributed by atoms with Gasteiger partial charge in [0.25, 0.3) is 0 Å². The fourth-order valence-electron chi connectivity index (χ4n) is 3.28. The average molecular weight is 442 g/mol. The van der Waals surface area contributed by atoms with Gasteiger partial charge in [-0.3, -0.25) is 4.98 Å². The number of benzene rings is 1. The molecule has 0 amide bonds. The van der Waals surface area contributed by atoms with Gasteiger partial charge >= 0.3 is 0 Å². The third-order valence-electron chi connectivity index (χ3n) is 5.29. The monoisotopic (exact) mass is 441 g/mol. The Hall–Kier alpha value is -3.27. The summed E-state index contributed by atoms with van der Waals surface area (Å²) >= 11 is 1.62. The summed E-state index contributed by atoms with van der Waals surface area (Å²) in [6.45, 7) is 4.90. The molecule has 4 rings (SSSR count). The average Bonchev–Trinajstić information content (AvgIpc) is 3.25. The van der Waals surface area contributed by atoms with Crippen LogP contribution in [-0.2, 0) is 6.42 Å². The molecule has 0 radical (unpaired) electrons. The minimum Gasteiger partial charge on any atom is -0.367 e. The Labute approximate surface area is 193 Å². The predicted molar refractivity (Wildman–Crippen MR) is 134 cm³/mol. The summed E-state index contributed by atoms with van der Waals surface area (Å²) in [4.78, 5) is 13.8. The molecule has 2 atom stereocenters. The van der Waals surface area contributed by atoms with Crippen molar-refractivity contribution in [3.8, 4) is 23.2 Å². The molecular weight excluding hydrogens is 414 g/mol. The van der Waals surface area contributed by atoms with Gasteiger partial charge in [-0.1, -0.05) is 56.0 Å². The standard InChI is InChI=1S/C26H27N5S/c1-3-18(2)9-10-21-17-32-24-23(21)30-25(20-11-13-28-14-12-20)31-26(24)29-16-22(27)15-19-7-5-4-6-8-19/h4-8,11-14,17-18,22H,3,15-16,27H2,1-2H3,(H,29,30,31). The fourth-order valence-corrected chi connectivity index (χ4v) is 4.18. The van der Waals surface area contributed by atoms with E-state index in [9.17, 15) is 0 Å². The van der Waals surface area contributed by atoms with Crippen molar-refractivity contribution in [3.63, 3.8) is 0 Å². The Morgan fingerprint density at radius 2 is 1.88 bits per heavy atom. The zero-order valence-corrected chi connectivity index (χ0v) is 19.2. The highest BCUT2D eigenvalue weighted by atomic mass is 32.1. The highest BCUT2D eigenvalue weighted by molar-refractivity contribution is 7.18. The first-order chi connectivity index (χ1) is 15.6. The van der Waals surface area contributed by atoms with E-state index in [2.05, 4.69) is 53.5 Å². The Morgan fingerprint density at radius 3 is 2.62 bits per heavy atom. The molecule has 5 nitrogen and oxygen atoms in total. The van der Waals surface area contributed by atoms with E-state index in [0.29, 0.717) is 18.3 Å². The van der Waals surface area contributed by atoms with Crippen molar-refractivity contribution >= 4 is 27.4 Å². The molecule has 3 aromatic heterocycles. The third-order valence-corrected chi connectivity index (χ3v) is 6.27. The largest absolute Gasteiger partial charge is 0.367 e. The first kappa shape index (κ1) is 21.9. The van der Waals surface area contributed by atoms with Crippen LogP contribution in [0.5, 0.6) is 0 Å². The van der Waals surface area contributed by atoms with Crippen molar-refractivity contribution in [1.29, 1.82) is 0 Å². The summed E-state index contributed by atoms with van der Waals surface area (Å²) in [7, 11) is 0. The van der Waals surface area contributed by atoms with Crippen molar-refractivity contribution < 1.29 is 0 Å². The Bertz CT molecular complexity index is 1230. The van der Waals surface area contributed by atoms with Gasteiger partial charge in [0.1, 0.15) is 11.3 Å². The van der Waals surface area contributed by atoms with E-state index in [4.69, 9.17) is 15.7 Å². The van der Waals surface area contributed by atoms with Crippen LogP contribution in [0, 0.1) is 17.8 Å². The molecule has 0 fully saturated rings. The summed E-state index contributed by atoms with van der Waals surface area (Å²) in [6, 6.07) is 14.1. The number of nitrogens with two attached hydrogens (primary N) is 1. The number of thiophene rings is 1. The van der Waals surface area contributed by atoms with Gasteiger partial charge in [0, 0.05) is 41.8 Å². The van der Waals surface area contributed by atoms with Crippen molar-refractivity contribution in [2.24, 2.45) is 11.7 Å².